The lowest BCUT2D eigenvalue weighted by molar-refractivity contribution is 0.0507. The Balaban J connectivity index is 2.15. The van der Waals surface area contributed by atoms with Gasteiger partial charge in [0.25, 0.3) is 0 Å². The van der Waals surface area contributed by atoms with E-state index in [9.17, 15) is 18.0 Å². The summed E-state index contributed by atoms with van der Waals surface area (Å²) in [4.78, 5) is 11.8. The number of halogens is 3. The number of hydrogen-bond acceptors (Lipinski definition) is 3. The zero-order valence-corrected chi connectivity index (χ0v) is 14.4. The molecule has 0 aliphatic rings. The molecule has 0 saturated carbocycles. The van der Waals surface area contributed by atoms with Crippen molar-refractivity contribution in [1.29, 1.82) is 0 Å². The van der Waals surface area contributed by atoms with Crippen molar-refractivity contribution in [1.82, 2.24) is 15.1 Å². The van der Waals surface area contributed by atoms with Crippen LogP contribution in [0.15, 0.2) is 30.5 Å². The highest BCUT2D eigenvalue weighted by Gasteiger charge is 2.20. The van der Waals surface area contributed by atoms with E-state index in [0.29, 0.717) is 4.68 Å². The van der Waals surface area contributed by atoms with Crippen molar-refractivity contribution in [3.05, 3.63) is 41.8 Å². The predicted molar refractivity (Wildman–Crippen MR) is 86.7 cm³/mol. The Labute approximate surface area is 143 Å². The van der Waals surface area contributed by atoms with Gasteiger partial charge in [-0.3, -0.25) is 0 Å². The van der Waals surface area contributed by atoms with E-state index in [2.05, 4.69) is 10.4 Å². The van der Waals surface area contributed by atoms with Crippen LogP contribution in [0.1, 0.15) is 45.8 Å². The molecule has 0 unspecified atom stereocenters. The standard InChI is InChI=1S/C17H20F3N3O2/c1-10(22-16(24)25-17(2,3)4)11-5-7-12(8-6-11)14-13(18)9-21-23(14)15(19)20/h5-10,15H,1-4H3,(H,22,24)/t10-/m0/s1. The fourth-order valence-electron chi connectivity index (χ4n) is 2.26. The van der Waals surface area contributed by atoms with Crippen LogP contribution in [0.5, 0.6) is 0 Å². The molecule has 136 valence electrons. The molecule has 1 aromatic carbocycles. The third kappa shape index (κ3) is 4.74. The molecule has 25 heavy (non-hydrogen) atoms. The van der Waals surface area contributed by atoms with Gasteiger partial charge in [-0.2, -0.15) is 13.9 Å². The molecule has 0 fully saturated rings. The third-order valence-corrected chi connectivity index (χ3v) is 3.35. The van der Waals surface area contributed by atoms with Crippen LogP contribution in [0.25, 0.3) is 11.3 Å². The topological polar surface area (TPSA) is 56.1 Å². The quantitative estimate of drug-likeness (QED) is 0.867. The van der Waals surface area contributed by atoms with Crippen LogP contribution in [0.3, 0.4) is 0 Å². The van der Waals surface area contributed by atoms with E-state index in [0.717, 1.165) is 11.8 Å². The molecule has 1 N–H and O–H groups in total. The average molecular weight is 355 g/mol. The number of alkyl carbamates (subject to hydrolysis) is 1. The highest BCUT2D eigenvalue weighted by atomic mass is 19.3. The van der Waals surface area contributed by atoms with Gasteiger partial charge in [0.15, 0.2) is 5.82 Å². The van der Waals surface area contributed by atoms with Crippen molar-refractivity contribution in [3.63, 3.8) is 0 Å². The predicted octanol–water partition coefficient (Wildman–Crippen LogP) is 4.67. The molecule has 0 bridgehead atoms. The fraction of sp³-hybridized carbons (Fsp3) is 0.412. The summed E-state index contributed by atoms with van der Waals surface area (Å²) < 4.78 is 45.0. The number of amides is 1. The summed E-state index contributed by atoms with van der Waals surface area (Å²) in [7, 11) is 0. The van der Waals surface area contributed by atoms with Gasteiger partial charge >= 0.3 is 12.6 Å². The highest BCUT2D eigenvalue weighted by Crippen LogP contribution is 2.27. The Bertz CT molecular complexity index is 737. The zero-order chi connectivity index (χ0) is 18.8. The van der Waals surface area contributed by atoms with E-state index >= 15 is 0 Å². The van der Waals surface area contributed by atoms with E-state index < -0.39 is 24.1 Å². The average Bonchev–Trinajstić information content (AvgIpc) is 2.87. The summed E-state index contributed by atoms with van der Waals surface area (Å²) in [5.41, 5.74) is 0.0923. The van der Waals surface area contributed by atoms with Crippen LogP contribution in [-0.2, 0) is 4.74 Å². The number of nitrogens with one attached hydrogen (secondary N) is 1. The second-order valence-electron chi connectivity index (χ2n) is 6.55. The molecule has 0 saturated heterocycles. The van der Waals surface area contributed by atoms with Crippen LogP contribution >= 0.6 is 0 Å². The van der Waals surface area contributed by atoms with Crippen molar-refractivity contribution >= 4 is 6.09 Å². The molecule has 1 amide bonds. The van der Waals surface area contributed by atoms with Crippen LogP contribution in [0.4, 0.5) is 18.0 Å². The number of rotatable bonds is 4. The Morgan fingerprint density at radius 1 is 1.24 bits per heavy atom. The molecule has 1 heterocycles. The minimum absolute atomic E-state index is 0.267. The van der Waals surface area contributed by atoms with Crippen molar-refractivity contribution in [2.45, 2.75) is 45.9 Å². The number of benzene rings is 1. The van der Waals surface area contributed by atoms with Crippen molar-refractivity contribution in [3.8, 4) is 11.3 Å². The van der Waals surface area contributed by atoms with Gasteiger partial charge in [-0.1, -0.05) is 24.3 Å². The molecule has 2 rings (SSSR count). The van der Waals surface area contributed by atoms with Crippen LogP contribution in [0.2, 0.25) is 0 Å². The lowest BCUT2D eigenvalue weighted by Gasteiger charge is -2.22. The summed E-state index contributed by atoms with van der Waals surface area (Å²) in [5.74, 6) is -0.826. The maximum Gasteiger partial charge on any atom is 0.408 e. The molecule has 1 atom stereocenters. The first kappa shape index (κ1) is 18.8. The van der Waals surface area contributed by atoms with Gasteiger partial charge in [0.1, 0.15) is 11.3 Å². The maximum absolute atomic E-state index is 13.8. The Morgan fingerprint density at radius 3 is 2.36 bits per heavy atom. The second-order valence-corrected chi connectivity index (χ2v) is 6.55. The first-order valence-electron chi connectivity index (χ1n) is 7.69. The second kappa shape index (κ2) is 7.16. The van der Waals surface area contributed by atoms with Crippen molar-refractivity contribution in [2.75, 3.05) is 0 Å². The Morgan fingerprint density at radius 2 is 1.84 bits per heavy atom. The van der Waals surface area contributed by atoms with Gasteiger partial charge in [0.05, 0.1) is 12.2 Å². The summed E-state index contributed by atoms with van der Waals surface area (Å²) >= 11 is 0. The van der Waals surface area contributed by atoms with Crippen LogP contribution in [0, 0.1) is 5.82 Å². The van der Waals surface area contributed by atoms with Gasteiger partial charge < -0.3 is 10.1 Å². The molecule has 0 aliphatic heterocycles. The molecule has 5 nitrogen and oxygen atoms in total. The molecule has 0 radical (unpaired) electrons. The van der Waals surface area contributed by atoms with E-state index in [1.54, 1.807) is 39.8 Å². The molecule has 1 aromatic heterocycles. The van der Waals surface area contributed by atoms with E-state index in [-0.39, 0.29) is 17.3 Å². The first-order valence-corrected chi connectivity index (χ1v) is 7.69. The number of carbonyl (C=O) groups is 1. The first-order chi connectivity index (χ1) is 11.6. The molecule has 0 spiro atoms. The Kier molecular flexibility index (Phi) is 5.39. The molecular formula is C17H20F3N3O2. The number of carbonyl (C=O) groups excluding carboxylic acids is 1. The largest absolute Gasteiger partial charge is 0.444 e. The summed E-state index contributed by atoms with van der Waals surface area (Å²) in [6, 6.07) is 5.89. The minimum Gasteiger partial charge on any atom is -0.444 e. The number of ether oxygens (including phenoxy) is 1. The smallest absolute Gasteiger partial charge is 0.408 e. The number of aromatic nitrogens is 2. The van der Waals surface area contributed by atoms with Crippen molar-refractivity contribution in [2.24, 2.45) is 0 Å². The maximum atomic E-state index is 13.8. The lowest BCUT2D eigenvalue weighted by Crippen LogP contribution is -2.34. The van der Waals surface area contributed by atoms with Gasteiger partial charge in [-0.05, 0) is 33.3 Å². The molecular weight excluding hydrogens is 335 g/mol. The van der Waals surface area contributed by atoms with Crippen LogP contribution < -0.4 is 5.32 Å². The lowest BCUT2D eigenvalue weighted by atomic mass is 10.0. The molecule has 0 aliphatic carbocycles. The van der Waals surface area contributed by atoms with Crippen LogP contribution in [-0.4, -0.2) is 21.5 Å². The van der Waals surface area contributed by atoms with Gasteiger partial charge in [0.2, 0.25) is 0 Å². The SMILES string of the molecule is C[C@H](NC(=O)OC(C)(C)C)c1ccc(-c2c(F)cnn2C(F)F)cc1. The molecule has 2 aromatic rings. The normalized spacial score (nSPS) is 13.0. The fourth-order valence-corrected chi connectivity index (χ4v) is 2.26. The van der Waals surface area contributed by atoms with E-state index in [4.69, 9.17) is 4.74 Å². The number of nitrogens with zero attached hydrogens (tertiary/aromatic N) is 2. The monoisotopic (exact) mass is 355 g/mol. The van der Waals surface area contributed by atoms with Gasteiger partial charge in [0, 0.05) is 5.56 Å². The van der Waals surface area contributed by atoms with Gasteiger partial charge in [-0.15, -0.1) is 0 Å². The third-order valence-electron chi connectivity index (χ3n) is 3.35. The minimum atomic E-state index is -2.94. The highest BCUT2D eigenvalue weighted by molar-refractivity contribution is 5.68. The van der Waals surface area contributed by atoms with E-state index in [1.165, 1.54) is 12.1 Å². The summed E-state index contributed by atoms with van der Waals surface area (Å²) in [5, 5.41) is 6.02. The zero-order valence-electron chi connectivity index (χ0n) is 14.4. The Hall–Kier alpha value is -2.51. The van der Waals surface area contributed by atoms with Gasteiger partial charge in [-0.25, -0.2) is 13.9 Å². The summed E-state index contributed by atoms with van der Waals surface area (Å²) in [6.07, 6.45) is 0.188. The van der Waals surface area contributed by atoms with Crippen molar-refractivity contribution < 1.29 is 22.7 Å². The number of alkyl halides is 2. The van der Waals surface area contributed by atoms with E-state index in [1.807, 2.05) is 0 Å². The molecule has 8 heteroatoms. The summed E-state index contributed by atoms with van der Waals surface area (Å²) in [6.45, 7) is 4.08. The number of hydrogen-bond donors (Lipinski definition) is 1.